The summed E-state index contributed by atoms with van der Waals surface area (Å²) in [5.74, 6) is -0.578. The smallest absolute Gasteiger partial charge is 0.422 e. The van der Waals surface area contributed by atoms with Crippen molar-refractivity contribution in [2.24, 2.45) is 17.2 Å². The molecule has 0 amide bonds. The number of hydrogen-bond donors (Lipinski definition) is 3. The number of rotatable bonds is 3. The number of allylic oxidation sites excluding steroid dienone is 1. The lowest BCUT2D eigenvalue weighted by molar-refractivity contribution is -0.165. The van der Waals surface area contributed by atoms with Crippen LogP contribution in [0.3, 0.4) is 0 Å². The third-order valence-corrected chi connectivity index (χ3v) is 1.08. The molecule has 0 radical (unpaired) electrons. The van der Waals surface area contributed by atoms with Gasteiger partial charge in [-0.15, -0.1) is 0 Å². The van der Waals surface area contributed by atoms with Crippen molar-refractivity contribution in [3.63, 3.8) is 0 Å². The van der Waals surface area contributed by atoms with Gasteiger partial charge in [-0.3, -0.25) is 0 Å². The molecule has 0 heterocycles. The van der Waals surface area contributed by atoms with Crippen molar-refractivity contribution in [1.29, 1.82) is 0 Å². The van der Waals surface area contributed by atoms with Crippen molar-refractivity contribution < 1.29 is 17.9 Å². The van der Waals surface area contributed by atoms with E-state index < -0.39 is 18.7 Å². The third kappa shape index (κ3) is 6.30. The maximum Gasteiger partial charge on any atom is 0.422 e. The molecule has 4 nitrogen and oxygen atoms in total. The Balaban J connectivity index is 4.32. The zero-order valence-corrected chi connectivity index (χ0v) is 7.69. The molecule has 0 fully saturated rings. The van der Waals surface area contributed by atoms with Gasteiger partial charge < -0.3 is 21.9 Å². The Labute approximate surface area is 83.1 Å². The minimum Gasteiger partial charge on any atom is -0.468 e. The van der Waals surface area contributed by atoms with E-state index in [1.165, 1.54) is 0 Å². The molecule has 0 saturated carbocycles. The molecule has 8 heteroatoms. The predicted molar refractivity (Wildman–Crippen MR) is 45.5 cm³/mol. The highest BCUT2D eigenvalue weighted by Crippen LogP contribution is 2.15. The zero-order chi connectivity index (χ0) is 11.4. The summed E-state index contributed by atoms with van der Waals surface area (Å²) in [6, 6.07) is 0. The summed E-state index contributed by atoms with van der Waals surface area (Å²) in [7, 11) is 0. The Morgan fingerprint density at radius 2 is 1.79 bits per heavy atom. The topological polar surface area (TPSA) is 87.3 Å². The van der Waals surface area contributed by atoms with Crippen LogP contribution in [-0.4, -0.2) is 12.8 Å². The summed E-state index contributed by atoms with van der Waals surface area (Å²) in [6.07, 6.45) is -3.49. The molecule has 0 spiro atoms. The highest BCUT2D eigenvalue weighted by atomic mass is 35.5. The van der Waals surface area contributed by atoms with Crippen molar-refractivity contribution in [1.82, 2.24) is 0 Å². The van der Waals surface area contributed by atoms with Gasteiger partial charge in [0.05, 0.1) is 5.70 Å². The molecule has 14 heavy (non-hydrogen) atoms. The van der Waals surface area contributed by atoms with Crippen LogP contribution in [0.1, 0.15) is 0 Å². The van der Waals surface area contributed by atoms with Crippen molar-refractivity contribution in [3.8, 4) is 0 Å². The first-order valence-electron chi connectivity index (χ1n) is 3.30. The highest BCUT2D eigenvalue weighted by molar-refractivity contribution is 6.29. The van der Waals surface area contributed by atoms with Gasteiger partial charge in [-0.1, -0.05) is 11.6 Å². The van der Waals surface area contributed by atoms with Gasteiger partial charge in [-0.25, -0.2) is 0 Å². The third-order valence-electron chi connectivity index (χ3n) is 0.969. The molecular weight excluding hydrogens is 223 g/mol. The average molecular weight is 232 g/mol. The van der Waals surface area contributed by atoms with E-state index in [1.54, 1.807) is 0 Å². The summed E-state index contributed by atoms with van der Waals surface area (Å²) in [5, 5.41) is -0.207. The first-order chi connectivity index (χ1) is 6.22. The summed E-state index contributed by atoms with van der Waals surface area (Å²) in [5.41, 5.74) is 14.9. The maximum absolute atomic E-state index is 11.6. The standard InChI is InChI=1S/C6H9ClF3N3O/c7-4(12)1-3(11)5(13)14-2-6(8,9)10/h1H,2,11-13H2/b4-1-,5-3-. The van der Waals surface area contributed by atoms with Crippen LogP contribution in [0.2, 0.25) is 0 Å². The molecule has 0 unspecified atom stereocenters. The first kappa shape index (κ1) is 12.8. The van der Waals surface area contributed by atoms with Crippen LogP contribution in [0.25, 0.3) is 0 Å². The molecule has 0 aromatic rings. The number of hydrogen-bond acceptors (Lipinski definition) is 4. The minimum absolute atomic E-state index is 0.207. The van der Waals surface area contributed by atoms with Gasteiger partial charge in [0.1, 0.15) is 5.16 Å². The van der Waals surface area contributed by atoms with E-state index in [0.29, 0.717) is 0 Å². The van der Waals surface area contributed by atoms with Gasteiger partial charge in [0, 0.05) is 6.08 Å². The molecule has 82 valence electrons. The van der Waals surface area contributed by atoms with Gasteiger partial charge >= 0.3 is 6.18 Å². The summed E-state index contributed by atoms with van der Waals surface area (Å²) >= 11 is 5.20. The van der Waals surface area contributed by atoms with Crippen LogP contribution in [0.4, 0.5) is 13.2 Å². The van der Waals surface area contributed by atoms with Crippen molar-refractivity contribution >= 4 is 11.6 Å². The van der Waals surface area contributed by atoms with E-state index >= 15 is 0 Å². The molecule has 0 bridgehead atoms. The highest BCUT2D eigenvalue weighted by Gasteiger charge is 2.28. The normalized spacial score (nSPS) is 15.0. The Morgan fingerprint density at radius 1 is 1.29 bits per heavy atom. The van der Waals surface area contributed by atoms with E-state index in [0.717, 1.165) is 6.08 Å². The second-order valence-corrected chi connectivity index (χ2v) is 2.69. The molecule has 0 atom stereocenters. The van der Waals surface area contributed by atoms with E-state index in [1.807, 2.05) is 0 Å². The monoisotopic (exact) mass is 231 g/mol. The number of ether oxygens (including phenoxy) is 1. The van der Waals surface area contributed by atoms with Gasteiger partial charge in [-0.2, -0.15) is 13.2 Å². The second kappa shape index (κ2) is 4.85. The van der Waals surface area contributed by atoms with Gasteiger partial charge in [0.25, 0.3) is 0 Å². The molecule has 6 N–H and O–H groups in total. The van der Waals surface area contributed by atoms with Crippen LogP contribution in [0, 0.1) is 0 Å². The number of halogens is 4. The van der Waals surface area contributed by atoms with Crippen LogP contribution >= 0.6 is 11.6 Å². The SMILES string of the molecule is NC(/C=C(\N)Cl)=C(/N)OCC(F)(F)F. The molecule has 0 aliphatic heterocycles. The summed E-state index contributed by atoms with van der Waals surface area (Å²) < 4.78 is 39.0. The zero-order valence-electron chi connectivity index (χ0n) is 6.94. The average Bonchev–Trinajstić information content (AvgIpc) is 1.97. The second-order valence-electron chi connectivity index (χ2n) is 2.25. The van der Waals surface area contributed by atoms with Crippen molar-refractivity contribution in [3.05, 3.63) is 22.8 Å². The fourth-order valence-corrected chi connectivity index (χ4v) is 0.580. The Bertz CT molecular complexity index is 258. The molecule has 0 aromatic carbocycles. The lowest BCUT2D eigenvalue weighted by Crippen LogP contribution is -2.21. The van der Waals surface area contributed by atoms with Crippen LogP contribution in [-0.2, 0) is 4.74 Å². The van der Waals surface area contributed by atoms with Gasteiger partial charge in [0.15, 0.2) is 6.61 Å². The summed E-state index contributed by atoms with van der Waals surface area (Å²) in [6.45, 7) is -1.52. The van der Waals surface area contributed by atoms with Gasteiger partial charge in [0.2, 0.25) is 5.88 Å². The first-order valence-corrected chi connectivity index (χ1v) is 3.67. The fourth-order valence-electron chi connectivity index (χ4n) is 0.463. The minimum atomic E-state index is -4.47. The molecule has 0 saturated heterocycles. The Hall–Kier alpha value is -1.24. The molecular formula is C6H9ClF3N3O. The van der Waals surface area contributed by atoms with Gasteiger partial charge in [-0.05, 0) is 0 Å². The van der Waals surface area contributed by atoms with E-state index in [2.05, 4.69) is 4.74 Å². The molecule has 0 aromatic heterocycles. The van der Waals surface area contributed by atoms with Crippen LogP contribution < -0.4 is 17.2 Å². The Morgan fingerprint density at radius 3 is 2.14 bits per heavy atom. The number of alkyl halides is 3. The van der Waals surface area contributed by atoms with Crippen LogP contribution in [0.5, 0.6) is 0 Å². The lowest BCUT2D eigenvalue weighted by Gasteiger charge is -2.09. The Kier molecular flexibility index (Phi) is 4.42. The molecule has 0 aliphatic rings. The lowest BCUT2D eigenvalue weighted by atomic mass is 10.4. The summed E-state index contributed by atoms with van der Waals surface area (Å²) in [4.78, 5) is 0. The fraction of sp³-hybridized carbons (Fsp3) is 0.333. The largest absolute Gasteiger partial charge is 0.468 e. The maximum atomic E-state index is 11.6. The van der Waals surface area contributed by atoms with Crippen LogP contribution in [0.15, 0.2) is 22.8 Å². The van der Waals surface area contributed by atoms with Crippen molar-refractivity contribution in [2.75, 3.05) is 6.61 Å². The number of nitrogens with two attached hydrogens (primary N) is 3. The van der Waals surface area contributed by atoms with E-state index in [9.17, 15) is 13.2 Å². The van der Waals surface area contributed by atoms with E-state index in [4.69, 9.17) is 28.8 Å². The van der Waals surface area contributed by atoms with Crippen molar-refractivity contribution in [2.45, 2.75) is 6.18 Å². The molecule has 0 rings (SSSR count). The molecule has 0 aliphatic carbocycles. The quantitative estimate of drug-likeness (QED) is 0.379. The predicted octanol–water partition coefficient (Wildman–Crippen LogP) is 0.691. The van der Waals surface area contributed by atoms with E-state index in [-0.39, 0.29) is 10.9 Å².